The van der Waals surface area contributed by atoms with Crippen LogP contribution in [0.25, 0.3) is 11.0 Å². The van der Waals surface area contributed by atoms with Crippen molar-refractivity contribution in [1.82, 2.24) is 15.3 Å². The lowest BCUT2D eigenvalue weighted by atomic mass is 10.3. The van der Waals surface area contributed by atoms with Gasteiger partial charge in [0.05, 0.1) is 17.2 Å². The molecular formula is C18H18N4O. The monoisotopic (exact) mass is 306 g/mol. The minimum Gasteiger partial charge on any atom is -0.373 e. The van der Waals surface area contributed by atoms with Crippen molar-refractivity contribution in [1.29, 1.82) is 0 Å². The Labute approximate surface area is 135 Å². The molecule has 0 radical (unpaired) electrons. The van der Waals surface area contributed by atoms with Crippen LogP contribution in [0.1, 0.15) is 10.5 Å². The van der Waals surface area contributed by atoms with Crippen molar-refractivity contribution in [2.75, 3.05) is 25.0 Å². The normalized spacial score (nSPS) is 10.5. The van der Waals surface area contributed by atoms with Gasteiger partial charge in [-0.25, -0.2) is 4.98 Å². The molecule has 0 bridgehead atoms. The maximum absolute atomic E-state index is 12.2. The quantitative estimate of drug-likeness (QED) is 0.787. The Morgan fingerprint density at radius 3 is 2.52 bits per heavy atom. The van der Waals surface area contributed by atoms with Crippen LogP contribution in [-0.4, -0.2) is 36.0 Å². The third kappa shape index (κ3) is 3.63. The highest BCUT2D eigenvalue weighted by atomic mass is 16.1. The maximum atomic E-state index is 12.2. The summed E-state index contributed by atoms with van der Waals surface area (Å²) in [6, 6.07) is 17.6. The number of rotatable bonds is 5. The predicted molar refractivity (Wildman–Crippen MR) is 91.6 cm³/mol. The van der Waals surface area contributed by atoms with E-state index in [1.165, 1.54) is 6.20 Å². The molecule has 0 aliphatic rings. The molecule has 0 fully saturated rings. The second kappa shape index (κ2) is 6.87. The standard InChI is InChI=1S/C18H18N4O/c1-22(14-7-3-2-4-8-14)12-11-19-18(23)17-13-20-15-9-5-6-10-16(15)21-17/h2-10,13H,11-12H2,1H3,(H,19,23). The number of aromatic nitrogens is 2. The van der Waals surface area contributed by atoms with E-state index in [0.717, 1.165) is 23.3 Å². The van der Waals surface area contributed by atoms with E-state index in [9.17, 15) is 4.79 Å². The van der Waals surface area contributed by atoms with Crippen molar-refractivity contribution in [3.63, 3.8) is 0 Å². The fraction of sp³-hybridized carbons (Fsp3) is 0.167. The molecule has 0 aliphatic carbocycles. The van der Waals surface area contributed by atoms with Crippen molar-refractivity contribution < 1.29 is 4.79 Å². The van der Waals surface area contributed by atoms with E-state index >= 15 is 0 Å². The maximum Gasteiger partial charge on any atom is 0.271 e. The molecule has 3 aromatic rings. The lowest BCUT2D eigenvalue weighted by Crippen LogP contribution is -2.33. The van der Waals surface area contributed by atoms with Crippen LogP contribution in [0.3, 0.4) is 0 Å². The van der Waals surface area contributed by atoms with E-state index in [2.05, 4.69) is 20.2 Å². The van der Waals surface area contributed by atoms with Gasteiger partial charge in [-0.1, -0.05) is 30.3 Å². The van der Waals surface area contributed by atoms with Gasteiger partial charge in [0, 0.05) is 25.8 Å². The largest absolute Gasteiger partial charge is 0.373 e. The van der Waals surface area contributed by atoms with Crippen molar-refractivity contribution in [3.05, 3.63) is 66.5 Å². The van der Waals surface area contributed by atoms with Gasteiger partial charge in [0.2, 0.25) is 0 Å². The summed E-state index contributed by atoms with van der Waals surface area (Å²) in [5.74, 6) is -0.204. The van der Waals surface area contributed by atoms with Crippen molar-refractivity contribution >= 4 is 22.6 Å². The number of carbonyl (C=O) groups excluding carboxylic acids is 1. The number of nitrogens with one attached hydrogen (secondary N) is 1. The Morgan fingerprint density at radius 1 is 1.04 bits per heavy atom. The SMILES string of the molecule is CN(CCNC(=O)c1cnc2ccccc2n1)c1ccccc1. The van der Waals surface area contributed by atoms with Crippen molar-refractivity contribution in [3.8, 4) is 0 Å². The summed E-state index contributed by atoms with van der Waals surface area (Å²) < 4.78 is 0. The highest BCUT2D eigenvalue weighted by Crippen LogP contribution is 2.10. The summed E-state index contributed by atoms with van der Waals surface area (Å²) in [4.78, 5) is 22.9. The molecule has 0 unspecified atom stereocenters. The lowest BCUT2D eigenvalue weighted by molar-refractivity contribution is 0.0950. The van der Waals surface area contributed by atoms with Gasteiger partial charge in [-0.05, 0) is 24.3 Å². The van der Waals surface area contributed by atoms with E-state index in [-0.39, 0.29) is 5.91 Å². The first-order chi connectivity index (χ1) is 11.2. The lowest BCUT2D eigenvalue weighted by Gasteiger charge is -2.19. The Morgan fingerprint density at radius 2 is 1.74 bits per heavy atom. The van der Waals surface area contributed by atoms with Crippen LogP contribution >= 0.6 is 0 Å². The number of carbonyl (C=O) groups is 1. The molecule has 5 nitrogen and oxygen atoms in total. The summed E-state index contributed by atoms with van der Waals surface area (Å²) in [6.45, 7) is 1.26. The number of anilines is 1. The Kier molecular flexibility index (Phi) is 4.47. The molecule has 0 spiro atoms. The van der Waals surface area contributed by atoms with Gasteiger partial charge in [0.25, 0.3) is 5.91 Å². The number of amides is 1. The summed E-state index contributed by atoms with van der Waals surface area (Å²) >= 11 is 0. The zero-order chi connectivity index (χ0) is 16.1. The summed E-state index contributed by atoms with van der Waals surface area (Å²) in [5.41, 5.74) is 2.97. The fourth-order valence-electron chi connectivity index (χ4n) is 2.31. The summed E-state index contributed by atoms with van der Waals surface area (Å²) in [5, 5.41) is 2.88. The number of nitrogens with zero attached hydrogens (tertiary/aromatic N) is 3. The minimum atomic E-state index is -0.204. The van der Waals surface area contributed by atoms with Gasteiger partial charge in [-0.15, -0.1) is 0 Å². The van der Waals surface area contributed by atoms with E-state index in [1.807, 2.05) is 61.6 Å². The molecule has 5 heteroatoms. The summed E-state index contributed by atoms with van der Waals surface area (Å²) in [7, 11) is 2.00. The van der Waals surface area contributed by atoms with E-state index in [4.69, 9.17) is 0 Å². The highest BCUT2D eigenvalue weighted by Gasteiger charge is 2.09. The van der Waals surface area contributed by atoms with Gasteiger partial charge < -0.3 is 10.2 Å². The van der Waals surface area contributed by atoms with E-state index in [0.29, 0.717) is 12.2 Å². The van der Waals surface area contributed by atoms with Crippen LogP contribution in [0, 0.1) is 0 Å². The zero-order valence-electron chi connectivity index (χ0n) is 12.9. The van der Waals surface area contributed by atoms with E-state index in [1.54, 1.807) is 0 Å². The third-order valence-electron chi connectivity index (χ3n) is 3.61. The van der Waals surface area contributed by atoms with Crippen LogP contribution in [0.15, 0.2) is 60.8 Å². The summed E-state index contributed by atoms with van der Waals surface area (Å²) in [6.07, 6.45) is 1.51. The molecule has 116 valence electrons. The highest BCUT2D eigenvalue weighted by molar-refractivity contribution is 5.93. The molecule has 0 aliphatic heterocycles. The van der Waals surface area contributed by atoms with Gasteiger partial charge in [0.1, 0.15) is 5.69 Å². The number of para-hydroxylation sites is 3. The average molecular weight is 306 g/mol. The van der Waals surface area contributed by atoms with Crippen LogP contribution < -0.4 is 10.2 Å². The second-order valence-corrected chi connectivity index (χ2v) is 5.26. The smallest absolute Gasteiger partial charge is 0.271 e. The number of likely N-dealkylation sites (N-methyl/N-ethyl adjacent to an activating group) is 1. The Balaban J connectivity index is 1.58. The van der Waals surface area contributed by atoms with Gasteiger partial charge in [-0.2, -0.15) is 0 Å². The molecule has 1 amide bonds. The number of hydrogen-bond acceptors (Lipinski definition) is 4. The minimum absolute atomic E-state index is 0.204. The molecule has 0 saturated carbocycles. The van der Waals surface area contributed by atoms with Crippen LogP contribution in [0.4, 0.5) is 5.69 Å². The molecular weight excluding hydrogens is 288 g/mol. The molecule has 0 saturated heterocycles. The number of hydrogen-bond donors (Lipinski definition) is 1. The van der Waals surface area contributed by atoms with Gasteiger partial charge in [-0.3, -0.25) is 9.78 Å². The van der Waals surface area contributed by atoms with Gasteiger partial charge in [0.15, 0.2) is 0 Å². The molecule has 23 heavy (non-hydrogen) atoms. The van der Waals surface area contributed by atoms with Crippen LogP contribution in [-0.2, 0) is 0 Å². The molecule has 1 N–H and O–H groups in total. The van der Waals surface area contributed by atoms with Gasteiger partial charge >= 0.3 is 0 Å². The van der Waals surface area contributed by atoms with Crippen molar-refractivity contribution in [2.24, 2.45) is 0 Å². The Hall–Kier alpha value is -2.95. The van der Waals surface area contributed by atoms with E-state index < -0.39 is 0 Å². The molecule has 1 heterocycles. The number of fused-ring (bicyclic) bond motifs is 1. The molecule has 2 aromatic carbocycles. The average Bonchev–Trinajstić information content (AvgIpc) is 2.61. The zero-order valence-corrected chi connectivity index (χ0v) is 12.9. The molecule has 0 atom stereocenters. The second-order valence-electron chi connectivity index (χ2n) is 5.26. The van der Waals surface area contributed by atoms with Crippen LogP contribution in [0.2, 0.25) is 0 Å². The van der Waals surface area contributed by atoms with Crippen LogP contribution in [0.5, 0.6) is 0 Å². The first kappa shape index (κ1) is 15.0. The first-order valence-corrected chi connectivity index (χ1v) is 7.50. The number of benzene rings is 2. The molecule has 1 aromatic heterocycles. The topological polar surface area (TPSA) is 58.1 Å². The van der Waals surface area contributed by atoms with Crippen molar-refractivity contribution in [2.45, 2.75) is 0 Å². The Bertz CT molecular complexity index is 804. The predicted octanol–water partition coefficient (Wildman–Crippen LogP) is 2.50. The first-order valence-electron chi connectivity index (χ1n) is 7.50. The molecule has 3 rings (SSSR count). The third-order valence-corrected chi connectivity index (χ3v) is 3.61. The fourth-order valence-corrected chi connectivity index (χ4v) is 2.31.